The van der Waals surface area contributed by atoms with Gasteiger partial charge < -0.3 is 14.6 Å². The van der Waals surface area contributed by atoms with E-state index in [9.17, 15) is 27.5 Å². The fourth-order valence-electron chi connectivity index (χ4n) is 2.92. The predicted octanol–water partition coefficient (Wildman–Crippen LogP) is -1.25. The summed E-state index contributed by atoms with van der Waals surface area (Å²) in [5.41, 5.74) is 7.61. The van der Waals surface area contributed by atoms with Crippen molar-refractivity contribution in [3.05, 3.63) is 53.1 Å². The van der Waals surface area contributed by atoms with Crippen molar-refractivity contribution in [3.8, 4) is 5.75 Å². The predicted molar refractivity (Wildman–Crippen MR) is 121 cm³/mol. The Hall–Kier alpha value is -1.70. The van der Waals surface area contributed by atoms with Crippen molar-refractivity contribution in [2.45, 2.75) is 39.8 Å². The van der Waals surface area contributed by atoms with Gasteiger partial charge in [0, 0.05) is 0 Å². The third-order valence-corrected chi connectivity index (χ3v) is 6.01. The molecule has 1 unspecified atom stereocenters. The number of ether oxygens (including phenoxy) is 1. The van der Waals surface area contributed by atoms with Crippen molar-refractivity contribution in [1.29, 1.82) is 0 Å². The average molecular weight is 520 g/mol. The van der Waals surface area contributed by atoms with Crippen LogP contribution in [0.5, 0.6) is 5.75 Å². The van der Waals surface area contributed by atoms with Gasteiger partial charge in [0.25, 0.3) is 5.91 Å². The van der Waals surface area contributed by atoms with Crippen LogP contribution in [0.25, 0.3) is 0 Å². The molecule has 0 fully saturated rings. The Labute approximate surface area is 241 Å². The Kier molecular flexibility index (Phi) is 12.5. The number of carboxylic acids is 1. The van der Waals surface area contributed by atoms with E-state index in [0.717, 1.165) is 16.9 Å². The van der Waals surface area contributed by atoms with E-state index in [4.69, 9.17) is 4.74 Å². The molecule has 2 aromatic rings. The number of alkyl halides is 1. The van der Waals surface area contributed by atoms with Crippen LogP contribution in [0.1, 0.15) is 29.5 Å². The molecule has 180 valence electrons. The molecule has 12 heteroatoms. The number of hydrazine groups is 1. The summed E-state index contributed by atoms with van der Waals surface area (Å²) in [6, 6.07) is 10.3. The standard InChI is InChI=1S/C22H28FN3O6S.K/c1-14-6-9-19(16(3)12-14)32-10-4-5-11-33(30,31)26-18-8-7-17(13-15(18)2)24-25-21(27)20(23)22(28)29;/h6-9,12-13,20,24,26H,4-5,10-11H2,1-3H3,(H,25,27)(H,28,29);/q;+1/p-1. The second kappa shape index (κ2) is 14.0. The number of carbonyl (C=O) groups excluding carboxylic acids is 2. The molecule has 0 spiro atoms. The molecule has 0 aliphatic heterocycles. The molecule has 0 aliphatic rings. The van der Waals surface area contributed by atoms with E-state index in [0.29, 0.717) is 36.4 Å². The maximum Gasteiger partial charge on any atom is 1.00 e. The number of aliphatic carboxylic acids is 1. The molecule has 1 amide bonds. The zero-order valence-corrected chi connectivity index (χ0v) is 23.5. The van der Waals surface area contributed by atoms with E-state index < -0.39 is 28.1 Å². The smallest absolute Gasteiger partial charge is 0.546 e. The number of anilines is 2. The monoisotopic (exact) mass is 519 g/mol. The molecule has 0 saturated heterocycles. The third kappa shape index (κ3) is 9.88. The number of halogens is 1. The maximum atomic E-state index is 13.0. The van der Waals surface area contributed by atoms with Crippen LogP contribution in [0.4, 0.5) is 15.8 Å². The summed E-state index contributed by atoms with van der Waals surface area (Å²) in [6.07, 6.45) is -1.83. The number of rotatable bonds is 12. The summed E-state index contributed by atoms with van der Waals surface area (Å²) >= 11 is 0. The summed E-state index contributed by atoms with van der Waals surface area (Å²) < 4.78 is 46.0. The van der Waals surface area contributed by atoms with Crippen molar-refractivity contribution in [2.24, 2.45) is 0 Å². The molecule has 0 aliphatic carbocycles. The number of amides is 1. The maximum absolute atomic E-state index is 13.0. The fraction of sp³-hybridized carbons (Fsp3) is 0.364. The summed E-state index contributed by atoms with van der Waals surface area (Å²) in [6.45, 7) is 6.00. The van der Waals surface area contributed by atoms with Gasteiger partial charge in [0.2, 0.25) is 16.2 Å². The quantitative estimate of drug-likeness (QED) is 0.138. The van der Waals surface area contributed by atoms with E-state index in [1.54, 1.807) is 6.92 Å². The fourth-order valence-corrected chi connectivity index (χ4v) is 4.17. The average Bonchev–Trinajstić information content (AvgIpc) is 2.74. The number of sulfonamides is 1. The molecule has 34 heavy (non-hydrogen) atoms. The summed E-state index contributed by atoms with van der Waals surface area (Å²) in [4.78, 5) is 21.6. The topological polar surface area (TPSA) is 137 Å². The van der Waals surface area contributed by atoms with Gasteiger partial charge in [0.15, 0.2) is 0 Å². The molecule has 1 atom stereocenters. The van der Waals surface area contributed by atoms with Crippen molar-refractivity contribution in [3.63, 3.8) is 0 Å². The first-order chi connectivity index (χ1) is 15.5. The van der Waals surface area contributed by atoms with E-state index in [2.05, 4.69) is 10.1 Å². The van der Waals surface area contributed by atoms with Crippen LogP contribution < -0.4 is 76.8 Å². The van der Waals surface area contributed by atoms with Gasteiger partial charge in [-0.15, -0.1) is 0 Å². The molecular weight excluding hydrogens is 492 g/mol. The van der Waals surface area contributed by atoms with Crippen LogP contribution in [-0.2, 0) is 19.6 Å². The second-order valence-electron chi connectivity index (χ2n) is 7.57. The van der Waals surface area contributed by atoms with Crippen molar-refractivity contribution in [1.82, 2.24) is 5.43 Å². The van der Waals surface area contributed by atoms with Crippen LogP contribution in [-0.4, -0.2) is 38.8 Å². The van der Waals surface area contributed by atoms with Gasteiger partial charge in [-0.3, -0.25) is 20.4 Å². The molecule has 0 heterocycles. The molecule has 0 saturated carbocycles. The van der Waals surface area contributed by atoms with Crippen LogP contribution in [0.15, 0.2) is 36.4 Å². The van der Waals surface area contributed by atoms with Crippen molar-refractivity contribution < 1.29 is 83.6 Å². The van der Waals surface area contributed by atoms with E-state index in [-0.39, 0.29) is 57.1 Å². The molecule has 0 bridgehead atoms. The normalized spacial score (nSPS) is 11.6. The minimum Gasteiger partial charge on any atom is -0.546 e. The number of carboxylic acid groups (broad SMARTS) is 1. The molecule has 0 aromatic heterocycles. The number of hydrogen-bond donors (Lipinski definition) is 3. The first-order valence-corrected chi connectivity index (χ1v) is 11.9. The number of nitrogens with one attached hydrogen (secondary N) is 3. The molecular formula is C22H27FKN3O6S. The summed E-state index contributed by atoms with van der Waals surface area (Å²) in [5, 5.41) is 10.3. The molecule has 2 rings (SSSR count). The van der Waals surface area contributed by atoms with E-state index in [1.165, 1.54) is 18.2 Å². The van der Waals surface area contributed by atoms with E-state index >= 15 is 0 Å². The molecule has 2 aromatic carbocycles. The Morgan fingerprint density at radius 3 is 2.38 bits per heavy atom. The first-order valence-electron chi connectivity index (χ1n) is 10.2. The van der Waals surface area contributed by atoms with Gasteiger partial charge in [0.05, 0.1) is 29.7 Å². The number of unbranched alkanes of at least 4 members (excludes halogenated alkanes) is 1. The van der Waals surface area contributed by atoms with Crippen LogP contribution in [0.2, 0.25) is 0 Å². The molecule has 3 N–H and O–H groups in total. The van der Waals surface area contributed by atoms with Crippen LogP contribution in [0.3, 0.4) is 0 Å². The van der Waals surface area contributed by atoms with Gasteiger partial charge in [-0.1, -0.05) is 17.7 Å². The Bertz CT molecular complexity index is 1110. The number of carbonyl (C=O) groups is 2. The molecule has 0 radical (unpaired) electrons. The van der Waals surface area contributed by atoms with Crippen LogP contribution >= 0.6 is 0 Å². The van der Waals surface area contributed by atoms with Crippen molar-refractivity contribution >= 4 is 33.3 Å². The first kappa shape index (κ1) is 30.3. The minimum atomic E-state index is -3.59. The van der Waals surface area contributed by atoms with Crippen LogP contribution in [0, 0.1) is 20.8 Å². The zero-order valence-electron chi connectivity index (χ0n) is 19.6. The molecule has 9 nitrogen and oxygen atoms in total. The third-order valence-electron chi connectivity index (χ3n) is 4.65. The largest absolute Gasteiger partial charge is 1.00 e. The van der Waals surface area contributed by atoms with E-state index in [1.807, 2.05) is 37.5 Å². The van der Waals surface area contributed by atoms with Gasteiger partial charge in [0.1, 0.15) is 5.75 Å². The summed E-state index contributed by atoms with van der Waals surface area (Å²) in [5.74, 6) is -2.87. The van der Waals surface area contributed by atoms with Gasteiger partial charge in [-0.25, -0.2) is 12.8 Å². The Balaban J connectivity index is 0.00000578. The number of hydrogen-bond acceptors (Lipinski definition) is 7. The SMILES string of the molecule is Cc1ccc(OCCCCS(=O)(=O)Nc2ccc(NNC(=O)C(F)C(=O)[O-])cc2C)c(C)c1.[K+]. The number of aryl methyl sites for hydroxylation is 3. The minimum absolute atomic E-state index is 0. The van der Waals surface area contributed by atoms with Gasteiger partial charge in [-0.05, 0) is 69.0 Å². The summed E-state index contributed by atoms with van der Waals surface area (Å²) in [7, 11) is -3.59. The second-order valence-corrected chi connectivity index (χ2v) is 9.41. The number of benzene rings is 2. The van der Waals surface area contributed by atoms with Gasteiger partial charge in [-0.2, -0.15) is 0 Å². The Morgan fingerprint density at radius 1 is 1.06 bits per heavy atom. The Morgan fingerprint density at radius 2 is 1.76 bits per heavy atom. The van der Waals surface area contributed by atoms with Crippen molar-refractivity contribution in [2.75, 3.05) is 22.5 Å². The van der Waals surface area contributed by atoms with Gasteiger partial charge >= 0.3 is 51.4 Å². The zero-order chi connectivity index (χ0) is 24.6.